The maximum absolute atomic E-state index is 12.8. The number of para-hydroxylation sites is 1. The minimum Gasteiger partial charge on any atom is -0.342 e. The van der Waals surface area contributed by atoms with Crippen molar-refractivity contribution in [2.75, 3.05) is 13.1 Å². The summed E-state index contributed by atoms with van der Waals surface area (Å²) in [6, 6.07) is 25.2. The van der Waals surface area contributed by atoms with Crippen LogP contribution in [0.2, 0.25) is 0 Å². The van der Waals surface area contributed by atoms with E-state index in [0.29, 0.717) is 0 Å². The lowest BCUT2D eigenvalue weighted by atomic mass is 10.1. The van der Waals surface area contributed by atoms with E-state index < -0.39 is 0 Å². The molecule has 4 aromatic rings. The third-order valence-electron chi connectivity index (χ3n) is 6.03. The second-order valence-corrected chi connectivity index (χ2v) is 8.08. The first-order chi connectivity index (χ1) is 15.2. The van der Waals surface area contributed by atoms with Gasteiger partial charge in [-0.05, 0) is 47.4 Å². The number of likely N-dealkylation sites (tertiary alicyclic amines) is 1. The Bertz CT molecular complexity index is 1350. The van der Waals surface area contributed by atoms with Gasteiger partial charge in [-0.2, -0.15) is 5.26 Å². The first-order valence-corrected chi connectivity index (χ1v) is 10.7. The van der Waals surface area contributed by atoms with Crippen LogP contribution in [-0.4, -0.2) is 28.5 Å². The fraction of sp³-hybridized carbons (Fsp3) is 0.185. The van der Waals surface area contributed by atoms with E-state index in [4.69, 9.17) is 0 Å². The summed E-state index contributed by atoms with van der Waals surface area (Å²) < 4.78 is 2.20. The van der Waals surface area contributed by atoms with Gasteiger partial charge in [-0.25, -0.2) is 0 Å². The van der Waals surface area contributed by atoms with Gasteiger partial charge in [0.25, 0.3) is 5.91 Å². The summed E-state index contributed by atoms with van der Waals surface area (Å²) in [7, 11) is 0. The first kappa shape index (κ1) is 19.1. The van der Waals surface area contributed by atoms with Crippen molar-refractivity contribution in [3.63, 3.8) is 0 Å². The second kappa shape index (κ2) is 8.12. The maximum Gasteiger partial charge on any atom is 0.264 e. The standard InChI is InChI=1S/C27H23N3O/c28-17-23(27(31)29-13-5-6-14-29)16-24-19-30(26-10-4-3-9-25(24)26)18-20-11-12-21-7-1-2-8-22(21)15-20/h1-4,7-12,15-16,19H,5-6,13-14,18H2/b23-16+. The highest BCUT2D eigenvalue weighted by atomic mass is 16.2. The number of amides is 1. The number of hydrogen-bond donors (Lipinski definition) is 0. The number of carbonyl (C=O) groups excluding carboxylic acids is 1. The van der Waals surface area contributed by atoms with Crippen LogP contribution in [0.25, 0.3) is 27.8 Å². The average Bonchev–Trinajstić information content (AvgIpc) is 3.46. The number of nitrogens with zero attached hydrogens (tertiary/aromatic N) is 3. The van der Waals surface area contributed by atoms with Crippen molar-refractivity contribution in [3.05, 3.63) is 89.6 Å². The summed E-state index contributed by atoms with van der Waals surface area (Å²) in [5.41, 5.74) is 3.41. The lowest BCUT2D eigenvalue weighted by Crippen LogP contribution is -2.28. The summed E-state index contributed by atoms with van der Waals surface area (Å²) in [4.78, 5) is 14.5. The van der Waals surface area contributed by atoms with Gasteiger partial charge >= 0.3 is 0 Å². The normalized spacial score (nSPS) is 14.3. The Balaban J connectivity index is 1.53. The molecule has 152 valence electrons. The van der Waals surface area contributed by atoms with Crippen molar-refractivity contribution < 1.29 is 4.79 Å². The summed E-state index contributed by atoms with van der Waals surface area (Å²) in [6.45, 7) is 2.20. The van der Waals surface area contributed by atoms with Gasteiger partial charge in [0.1, 0.15) is 11.6 Å². The van der Waals surface area contributed by atoms with Crippen LogP contribution >= 0.6 is 0 Å². The van der Waals surface area contributed by atoms with Crippen LogP contribution in [0.15, 0.2) is 78.5 Å². The van der Waals surface area contributed by atoms with E-state index in [-0.39, 0.29) is 11.5 Å². The molecule has 0 saturated carbocycles. The predicted molar refractivity (Wildman–Crippen MR) is 124 cm³/mol. The van der Waals surface area contributed by atoms with Crippen LogP contribution < -0.4 is 0 Å². The van der Waals surface area contributed by atoms with Gasteiger partial charge in [0.15, 0.2) is 0 Å². The van der Waals surface area contributed by atoms with Crippen molar-refractivity contribution in [1.82, 2.24) is 9.47 Å². The molecule has 0 unspecified atom stereocenters. The highest BCUT2D eigenvalue weighted by molar-refractivity contribution is 6.04. The number of aromatic nitrogens is 1. The Kier molecular flexibility index (Phi) is 5.01. The molecule has 0 atom stereocenters. The Hall–Kier alpha value is -3.84. The molecule has 0 spiro atoms. The van der Waals surface area contributed by atoms with E-state index in [1.807, 2.05) is 18.2 Å². The van der Waals surface area contributed by atoms with E-state index in [2.05, 4.69) is 65.4 Å². The number of fused-ring (bicyclic) bond motifs is 2. The fourth-order valence-corrected chi connectivity index (χ4v) is 4.44. The molecule has 4 heteroatoms. The Morgan fingerprint density at radius 3 is 2.52 bits per heavy atom. The molecular formula is C27H23N3O. The highest BCUT2D eigenvalue weighted by Gasteiger charge is 2.22. The lowest BCUT2D eigenvalue weighted by molar-refractivity contribution is -0.125. The van der Waals surface area contributed by atoms with Gasteiger partial charge in [0.05, 0.1) is 0 Å². The van der Waals surface area contributed by atoms with Gasteiger partial charge in [-0.15, -0.1) is 0 Å². The molecule has 1 aromatic heterocycles. The Morgan fingerprint density at radius 2 is 1.71 bits per heavy atom. The van der Waals surface area contributed by atoms with E-state index in [0.717, 1.165) is 48.9 Å². The van der Waals surface area contributed by atoms with Gasteiger partial charge < -0.3 is 9.47 Å². The van der Waals surface area contributed by atoms with Crippen LogP contribution in [-0.2, 0) is 11.3 Å². The zero-order chi connectivity index (χ0) is 21.2. The van der Waals surface area contributed by atoms with Crippen molar-refractivity contribution in [2.45, 2.75) is 19.4 Å². The lowest BCUT2D eigenvalue weighted by Gasteiger charge is -2.13. The molecule has 1 amide bonds. The smallest absolute Gasteiger partial charge is 0.264 e. The van der Waals surface area contributed by atoms with Gasteiger partial charge in [0, 0.05) is 42.3 Å². The summed E-state index contributed by atoms with van der Waals surface area (Å²) in [5, 5.41) is 13.2. The van der Waals surface area contributed by atoms with Crippen LogP contribution in [0.4, 0.5) is 0 Å². The van der Waals surface area contributed by atoms with E-state index in [1.54, 1.807) is 11.0 Å². The van der Waals surface area contributed by atoms with Crippen LogP contribution in [0, 0.1) is 11.3 Å². The van der Waals surface area contributed by atoms with E-state index in [1.165, 1.54) is 16.3 Å². The van der Waals surface area contributed by atoms with Crippen molar-refractivity contribution in [1.29, 1.82) is 5.26 Å². The monoisotopic (exact) mass is 405 g/mol. The number of carbonyl (C=O) groups is 1. The van der Waals surface area contributed by atoms with Gasteiger partial charge in [-0.3, -0.25) is 4.79 Å². The molecule has 31 heavy (non-hydrogen) atoms. The summed E-state index contributed by atoms with van der Waals surface area (Å²) in [6.07, 6.45) is 5.82. The fourth-order valence-electron chi connectivity index (χ4n) is 4.44. The molecule has 5 rings (SSSR count). The van der Waals surface area contributed by atoms with Crippen LogP contribution in [0.1, 0.15) is 24.0 Å². The van der Waals surface area contributed by atoms with Gasteiger partial charge in [-0.1, -0.05) is 54.6 Å². The quantitative estimate of drug-likeness (QED) is 0.338. The molecule has 0 N–H and O–H groups in total. The summed E-state index contributed by atoms with van der Waals surface area (Å²) in [5.74, 6) is -0.161. The van der Waals surface area contributed by atoms with E-state index in [9.17, 15) is 10.1 Å². The highest BCUT2D eigenvalue weighted by Crippen LogP contribution is 2.26. The number of rotatable bonds is 4. The van der Waals surface area contributed by atoms with Crippen LogP contribution in [0.5, 0.6) is 0 Å². The Labute approximate surface area is 181 Å². The van der Waals surface area contributed by atoms with Crippen LogP contribution in [0.3, 0.4) is 0 Å². The SMILES string of the molecule is N#C/C(=C\c1cn(Cc2ccc3ccccc3c2)c2ccccc12)C(=O)N1CCCC1. The third-order valence-corrected chi connectivity index (χ3v) is 6.03. The topological polar surface area (TPSA) is 49.0 Å². The third kappa shape index (κ3) is 3.71. The molecular weight excluding hydrogens is 382 g/mol. The zero-order valence-corrected chi connectivity index (χ0v) is 17.3. The first-order valence-electron chi connectivity index (χ1n) is 10.7. The molecule has 0 aliphatic carbocycles. The van der Waals surface area contributed by atoms with Crippen molar-refractivity contribution in [2.24, 2.45) is 0 Å². The maximum atomic E-state index is 12.8. The molecule has 1 aliphatic heterocycles. The largest absolute Gasteiger partial charge is 0.342 e. The second-order valence-electron chi connectivity index (χ2n) is 8.08. The summed E-state index contributed by atoms with van der Waals surface area (Å²) >= 11 is 0. The van der Waals surface area contributed by atoms with E-state index >= 15 is 0 Å². The molecule has 1 saturated heterocycles. The number of hydrogen-bond acceptors (Lipinski definition) is 2. The van der Waals surface area contributed by atoms with Crippen molar-refractivity contribution >= 4 is 33.7 Å². The predicted octanol–water partition coefficient (Wildman–Crippen LogP) is 5.37. The zero-order valence-electron chi connectivity index (χ0n) is 17.3. The average molecular weight is 406 g/mol. The molecule has 0 bridgehead atoms. The minimum atomic E-state index is -0.161. The molecule has 4 nitrogen and oxygen atoms in total. The number of benzene rings is 3. The molecule has 0 radical (unpaired) electrons. The minimum absolute atomic E-state index is 0.161. The molecule has 2 heterocycles. The molecule has 1 fully saturated rings. The molecule has 1 aliphatic rings. The van der Waals surface area contributed by atoms with Crippen molar-refractivity contribution in [3.8, 4) is 6.07 Å². The Morgan fingerprint density at radius 1 is 0.968 bits per heavy atom. The number of nitriles is 1. The molecule has 3 aromatic carbocycles. The van der Waals surface area contributed by atoms with Gasteiger partial charge in [0.2, 0.25) is 0 Å².